The van der Waals surface area contributed by atoms with E-state index in [1.165, 1.54) is 0 Å². The maximum atomic E-state index is 12.6. The van der Waals surface area contributed by atoms with E-state index >= 15 is 0 Å². The van der Waals surface area contributed by atoms with Crippen molar-refractivity contribution in [1.82, 2.24) is 20.4 Å². The van der Waals surface area contributed by atoms with Gasteiger partial charge in [0.25, 0.3) is 5.91 Å². The van der Waals surface area contributed by atoms with Gasteiger partial charge in [-0.15, -0.1) is 0 Å². The standard InChI is InChI=1S/C14H18N4O/c1-9-10(2)18(8-7-15-9)14(19)13-11-5-3-4-6-12(11)16-17-13/h3-6,9-10,15H,7-8H2,1-2H3,(H,16,17). The molecule has 5 heteroatoms. The first-order valence-corrected chi connectivity index (χ1v) is 6.66. The average molecular weight is 258 g/mol. The van der Waals surface area contributed by atoms with E-state index in [1.807, 2.05) is 29.2 Å². The number of nitrogens with zero attached hydrogens (tertiary/aromatic N) is 2. The highest BCUT2D eigenvalue weighted by Crippen LogP contribution is 2.19. The van der Waals surface area contributed by atoms with Crippen molar-refractivity contribution in [1.29, 1.82) is 0 Å². The number of rotatable bonds is 1. The van der Waals surface area contributed by atoms with Crippen LogP contribution in [0.15, 0.2) is 24.3 Å². The van der Waals surface area contributed by atoms with Crippen LogP contribution < -0.4 is 5.32 Å². The minimum Gasteiger partial charge on any atom is -0.332 e. The summed E-state index contributed by atoms with van der Waals surface area (Å²) in [6.45, 7) is 5.74. The second-order valence-corrected chi connectivity index (χ2v) is 5.10. The van der Waals surface area contributed by atoms with Crippen molar-refractivity contribution >= 4 is 16.8 Å². The van der Waals surface area contributed by atoms with E-state index in [9.17, 15) is 4.79 Å². The molecule has 1 amide bonds. The molecule has 0 saturated carbocycles. The van der Waals surface area contributed by atoms with Gasteiger partial charge in [-0.1, -0.05) is 18.2 Å². The van der Waals surface area contributed by atoms with E-state index in [0.717, 1.165) is 24.0 Å². The number of hydrogen-bond donors (Lipinski definition) is 2. The Labute approximate surface area is 112 Å². The Morgan fingerprint density at radius 3 is 3.00 bits per heavy atom. The van der Waals surface area contributed by atoms with Gasteiger partial charge in [0.15, 0.2) is 5.69 Å². The Morgan fingerprint density at radius 1 is 1.37 bits per heavy atom. The van der Waals surface area contributed by atoms with Gasteiger partial charge in [-0.2, -0.15) is 5.10 Å². The van der Waals surface area contributed by atoms with E-state index in [-0.39, 0.29) is 11.9 Å². The molecule has 5 nitrogen and oxygen atoms in total. The summed E-state index contributed by atoms with van der Waals surface area (Å²) in [6, 6.07) is 8.22. The van der Waals surface area contributed by atoms with E-state index in [0.29, 0.717) is 11.7 Å². The predicted octanol–water partition coefficient (Wildman–Crippen LogP) is 1.39. The molecule has 2 aromatic rings. The lowest BCUT2D eigenvalue weighted by Gasteiger charge is -2.38. The van der Waals surface area contributed by atoms with Crippen LogP contribution in [0, 0.1) is 0 Å². The number of nitrogens with one attached hydrogen (secondary N) is 2. The van der Waals surface area contributed by atoms with Crippen molar-refractivity contribution in [3.05, 3.63) is 30.0 Å². The normalized spacial score (nSPS) is 23.8. The van der Waals surface area contributed by atoms with Crippen molar-refractivity contribution in [3.8, 4) is 0 Å². The van der Waals surface area contributed by atoms with E-state index in [2.05, 4.69) is 29.4 Å². The van der Waals surface area contributed by atoms with E-state index in [4.69, 9.17) is 0 Å². The molecular formula is C14H18N4O. The molecule has 0 bridgehead atoms. The Hall–Kier alpha value is -1.88. The molecule has 19 heavy (non-hydrogen) atoms. The minimum atomic E-state index is 0.0123. The molecule has 1 aromatic carbocycles. The van der Waals surface area contributed by atoms with E-state index in [1.54, 1.807) is 0 Å². The van der Waals surface area contributed by atoms with Crippen LogP contribution in [0.4, 0.5) is 0 Å². The second-order valence-electron chi connectivity index (χ2n) is 5.10. The quantitative estimate of drug-likeness (QED) is 0.812. The highest BCUT2D eigenvalue weighted by Gasteiger charge is 2.30. The molecular weight excluding hydrogens is 240 g/mol. The molecule has 1 aromatic heterocycles. The summed E-state index contributed by atoms with van der Waals surface area (Å²) in [7, 11) is 0. The topological polar surface area (TPSA) is 61.0 Å². The highest BCUT2D eigenvalue weighted by atomic mass is 16.2. The monoisotopic (exact) mass is 258 g/mol. The fourth-order valence-electron chi connectivity index (χ4n) is 2.61. The van der Waals surface area contributed by atoms with Gasteiger partial charge in [0.05, 0.1) is 5.52 Å². The zero-order valence-corrected chi connectivity index (χ0v) is 11.2. The van der Waals surface area contributed by atoms with Crippen LogP contribution in [0.2, 0.25) is 0 Å². The van der Waals surface area contributed by atoms with Crippen LogP contribution in [0.25, 0.3) is 10.9 Å². The number of fused-ring (bicyclic) bond motifs is 1. The molecule has 1 fully saturated rings. The Kier molecular flexibility index (Phi) is 2.98. The SMILES string of the molecule is CC1NCCN(C(=O)c2n[nH]c3ccccc23)C1C. The number of aromatic amines is 1. The van der Waals surface area contributed by atoms with Crippen LogP contribution >= 0.6 is 0 Å². The fourth-order valence-corrected chi connectivity index (χ4v) is 2.61. The van der Waals surface area contributed by atoms with Crippen LogP contribution in [0.3, 0.4) is 0 Å². The van der Waals surface area contributed by atoms with Gasteiger partial charge in [-0.25, -0.2) is 0 Å². The minimum absolute atomic E-state index is 0.0123. The molecule has 2 atom stereocenters. The summed E-state index contributed by atoms with van der Waals surface area (Å²) >= 11 is 0. The molecule has 100 valence electrons. The summed E-state index contributed by atoms with van der Waals surface area (Å²) in [5, 5.41) is 11.4. The molecule has 0 radical (unpaired) electrons. The lowest BCUT2D eigenvalue weighted by Crippen LogP contribution is -2.57. The number of H-pyrrole nitrogens is 1. The number of amides is 1. The number of piperazine rings is 1. The predicted molar refractivity (Wildman–Crippen MR) is 74.1 cm³/mol. The summed E-state index contributed by atoms with van der Waals surface area (Å²) in [4.78, 5) is 14.6. The van der Waals surface area contributed by atoms with Gasteiger partial charge >= 0.3 is 0 Å². The summed E-state index contributed by atoms with van der Waals surface area (Å²) in [6.07, 6.45) is 0. The van der Waals surface area contributed by atoms with Gasteiger partial charge < -0.3 is 10.2 Å². The molecule has 0 aliphatic carbocycles. The first-order valence-electron chi connectivity index (χ1n) is 6.66. The number of aromatic nitrogens is 2. The van der Waals surface area contributed by atoms with Crippen molar-refractivity contribution < 1.29 is 4.79 Å². The molecule has 1 aliphatic heterocycles. The van der Waals surface area contributed by atoms with Gasteiger partial charge in [-0.05, 0) is 19.9 Å². The van der Waals surface area contributed by atoms with Crippen LogP contribution in [0.1, 0.15) is 24.3 Å². The van der Waals surface area contributed by atoms with Crippen LogP contribution in [-0.2, 0) is 0 Å². The molecule has 1 aliphatic rings. The third-order valence-corrected chi connectivity index (χ3v) is 3.97. The summed E-state index contributed by atoms with van der Waals surface area (Å²) < 4.78 is 0. The summed E-state index contributed by atoms with van der Waals surface area (Å²) in [5.41, 5.74) is 1.43. The van der Waals surface area contributed by atoms with Crippen molar-refractivity contribution in [3.63, 3.8) is 0 Å². The maximum absolute atomic E-state index is 12.6. The van der Waals surface area contributed by atoms with Crippen LogP contribution in [0.5, 0.6) is 0 Å². The molecule has 2 heterocycles. The number of hydrogen-bond acceptors (Lipinski definition) is 3. The fraction of sp³-hybridized carbons (Fsp3) is 0.429. The van der Waals surface area contributed by atoms with Crippen LogP contribution in [-0.4, -0.2) is 46.2 Å². The Balaban J connectivity index is 1.95. The molecule has 3 rings (SSSR count). The second kappa shape index (κ2) is 4.66. The number of carbonyl (C=O) groups is 1. The largest absolute Gasteiger partial charge is 0.332 e. The van der Waals surface area contributed by atoms with Crippen molar-refractivity contribution in [2.24, 2.45) is 0 Å². The highest BCUT2D eigenvalue weighted by molar-refractivity contribution is 6.04. The molecule has 2 unspecified atom stereocenters. The van der Waals surface area contributed by atoms with Crippen molar-refractivity contribution in [2.75, 3.05) is 13.1 Å². The average Bonchev–Trinajstić information content (AvgIpc) is 2.85. The lowest BCUT2D eigenvalue weighted by atomic mass is 10.1. The third-order valence-electron chi connectivity index (χ3n) is 3.97. The van der Waals surface area contributed by atoms with Gasteiger partial charge in [0.2, 0.25) is 0 Å². The van der Waals surface area contributed by atoms with E-state index < -0.39 is 0 Å². The van der Waals surface area contributed by atoms with Gasteiger partial charge in [-0.3, -0.25) is 9.89 Å². The molecule has 1 saturated heterocycles. The smallest absolute Gasteiger partial charge is 0.275 e. The Bertz CT molecular complexity index is 606. The first-order chi connectivity index (χ1) is 9.18. The van der Waals surface area contributed by atoms with Crippen molar-refractivity contribution in [2.45, 2.75) is 25.9 Å². The molecule has 2 N–H and O–H groups in total. The molecule has 0 spiro atoms. The number of para-hydroxylation sites is 1. The Morgan fingerprint density at radius 2 is 2.16 bits per heavy atom. The number of benzene rings is 1. The zero-order chi connectivity index (χ0) is 13.4. The third kappa shape index (κ3) is 2.00. The van der Waals surface area contributed by atoms with Gasteiger partial charge in [0, 0.05) is 30.6 Å². The zero-order valence-electron chi connectivity index (χ0n) is 11.2. The first kappa shape index (κ1) is 12.2. The lowest BCUT2D eigenvalue weighted by molar-refractivity contribution is 0.0599. The summed E-state index contributed by atoms with van der Waals surface area (Å²) in [5.74, 6) is 0.0123. The van der Waals surface area contributed by atoms with Gasteiger partial charge in [0.1, 0.15) is 0 Å². The number of carbonyl (C=O) groups excluding carboxylic acids is 1. The maximum Gasteiger partial charge on any atom is 0.275 e.